The van der Waals surface area contributed by atoms with Crippen LogP contribution >= 0.6 is 23.2 Å². The molecule has 0 unspecified atom stereocenters. The second-order valence-corrected chi connectivity index (χ2v) is 4.44. The summed E-state index contributed by atoms with van der Waals surface area (Å²) in [6.07, 6.45) is 2.35. The smallest absolute Gasteiger partial charge is 0.244 e. The molecule has 0 radical (unpaired) electrons. The summed E-state index contributed by atoms with van der Waals surface area (Å²) in [5, 5.41) is 12.6. The van der Waals surface area contributed by atoms with Crippen molar-refractivity contribution < 1.29 is 9.90 Å². The maximum Gasteiger partial charge on any atom is 0.244 e. The van der Waals surface area contributed by atoms with Crippen molar-refractivity contribution in [2.45, 2.75) is 13.0 Å². The first-order chi connectivity index (χ1) is 7.99. The van der Waals surface area contributed by atoms with Crippen LogP contribution < -0.4 is 5.32 Å². The lowest BCUT2D eigenvalue weighted by molar-refractivity contribution is -0.116. The molecule has 0 aliphatic carbocycles. The van der Waals surface area contributed by atoms with E-state index in [0.717, 1.165) is 0 Å². The predicted molar refractivity (Wildman–Crippen MR) is 70.2 cm³/mol. The van der Waals surface area contributed by atoms with Gasteiger partial charge >= 0.3 is 0 Å². The third kappa shape index (κ3) is 5.22. The van der Waals surface area contributed by atoms with Crippen molar-refractivity contribution in [3.05, 3.63) is 39.9 Å². The highest BCUT2D eigenvalue weighted by Gasteiger charge is 2.00. The number of amides is 1. The molecule has 0 saturated heterocycles. The Morgan fingerprint density at radius 2 is 2.24 bits per heavy atom. The van der Waals surface area contributed by atoms with Crippen molar-refractivity contribution in [2.24, 2.45) is 0 Å². The lowest BCUT2D eigenvalue weighted by Gasteiger charge is -2.04. The highest BCUT2D eigenvalue weighted by atomic mass is 35.5. The Hall–Kier alpha value is -1.03. The molecule has 17 heavy (non-hydrogen) atoms. The molecule has 3 nitrogen and oxygen atoms in total. The van der Waals surface area contributed by atoms with Crippen LogP contribution in [0.3, 0.4) is 0 Å². The van der Waals surface area contributed by atoms with Crippen molar-refractivity contribution in [2.75, 3.05) is 6.54 Å². The zero-order chi connectivity index (χ0) is 12.8. The first-order valence-corrected chi connectivity index (χ1v) is 5.83. The Kier molecular flexibility index (Phi) is 5.48. The Bertz CT molecular complexity index is 431. The number of carbonyl (C=O) groups is 1. The Morgan fingerprint density at radius 3 is 2.88 bits per heavy atom. The molecule has 0 bridgehead atoms. The number of hydrogen-bond donors (Lipinski definition) is 2. The van der Waals surface area contributed by atoms with Gasteiger partial charge in [-0.15, -0.1) is 0 Å². The summed E-state index contributed by atoms with van der Waals surface area (Å²) >= 11 is 11.7. The maximum absolute atomic E-state index is 11.3. The van der Waals surface area contributed by atoms with Gasteiger partial charge in [0.2, 0.25) is 5.91 Å². The van der Waals surface area contributed by atoms with Gasteiger partial charge in [0.25, 0.3) is 0 Å². The van der Waals surface area contributed by atoms with E-state index in [1.165, 1.54) is 6.08 Å². The first-order valence-electron chi connectivity index (χ1n) is 5.08. The molecule has 0 heterocycles. The fraction of sp³-hybridized carbons (Fsp3) is 0.250. The van der Waals surface area contributed by atoms with Gasteiger partial charge in [0.15, 0.2) is 0 Å². The average molecular weight is 274 g/mol. The molecule has 2 N–H and O–H groups in total. The number of benzene rings is 1. The number of nitrogens with one attached hydrogen (secondary N) is 1. The summed E-state index contributed by atoms with van der Waals surface area (Å²) < 4.78 is 0. The van der Waals surface area contributed by atoms with Gasteiger partial charge in [-0.25, -0.2) is 0 Å². The molecule has 1 rings (SSSR count). The molecule has 1 atom stereocenters. The van der Waals surface area contributed by atoms with Crippen LogP contribution in [0.15, 0.2) is 24.3 Å². The predicted octanol–water partition coefficient (Wildman–Crippen LogP) is 2.50. The number of carbonyl (C=O) groups excluding carboxylic acids is 1. The fourth-order valence-corrected chi connectivity index (χ4v) is 1.48. The second-order valence-electron chi connectivity index (χ2n) is 3.59. The van der Waals surface area contributed by atoms with E-state index in [1.54, 1.807) is 31.2 Å². The number of hydrogen-bond acceptors (Lipinski definition) is 2. The molecule has 92 valence electrons. The zero-order valence-corrected chi connectivity index (χ0v) is 10.8. The van der Waals surface area contributed by atoms with E-state index in [2.05, 4.69) is 5.32 Å². The van der Waals surface area contributed by atoms with Crippen molar-refractivity contribution in [1.29, 1.82) is 0 Å². The van der Waals surface area contributed by atoms with Crippen LogP contribution in [0.2, 0.25) is 10.0 Å². The highest BCUT2D eigenvalue weighted by Crippen LogP contribution is 2.21. The topological polar surface area (TPSA) is 49.3 Å². The first kappa shape index (κ1) is 14.0. The van der Waals surface area contributed by atoms with E-state index < -0.39 is 6.10 Å². The lowest BCUT2D eigenvalue weighted by Crippen LogP contribution is -2.28. The van der Waals surface area contributed by atoms with Gasteiger partial charge in [-0.2, -0.15) is 0 Å². The Labute approximate surface area is 110 Å². The normalized spacial score (nSPS) is 12.7. The van der Waals surface area contributed by atoms with Gasteiger partial charge in [-0.1, -0.05) is 23.2 Å². The van der Waals surface area contributed by atoms with Gasteiger partial charge < -0.3 is 10.4 Å². The summed E-state index contributed by atoms with van der Waals surface area (Å²) in [5.41, 5.74) is 0.673. The molecule has 1 amide bonds. The van der Waals surface area contributed by atoms with Crippen molar-refractivity contribution in [1.82, 2.24) is 5.32 Å². The van der Waals surface area contributed by atoms with Gasteiger partial charge in [0.05, 0.1) is 6.10 Å². The molecule has 1 aromatic carbocycles. The van der Waals surface area contributed by atoms with Crippen LogP contribution in [0.1, 0.15) is 12.5 Å². The summed E-state index contributed by atoms with van der Waals surface area (Å²) in [5.74, 6) is -0.290. The SMILES string of the molecule is C[C@@H](O)CNC(=O)/C=C/c1cc(Cl)ccc1Cl. The summed E-state index contributed by atoms with van der Waals surface area (Å²) in [4.78, 5) is 11.3. The number of aliphatic hydroxyl groups excluding tert-OH is 1. The van der Waals surface area contributed by atoms with E-state index >= 15 is 0 Å². The molecule has 0 saturated carbocycles. The molecule has 5 heteroatoms. The molecule has 0 fully saturated rings. The number of rotatable bonds is 4. The van der Waals surface area contributed by atoms with Crippen molar-refractivity contribution in [3.63, 3.8) is 0 Å². The molecule has 0 aromatic heterocycles. The third-order valence-electron chi connectivity index (χ3n) is 1.94. The van der Waals surface area contributed by atoms with Crippen LogP contribution in [0.25, 0.3) is 6.08 Å². The fourth-order valence-electron chi connectivity index (χ4n) is 1.12. The van der Waals surface area contributed by atoms with Gasteiger partial charge in [0.1, 0.15) is 0 Å². The van der Waals surface area contributed by atoms with Crippen molar-refractivity contribution >= 4 is 35.2 Å². The summed E-state index contributed by atoms with van der Waals surface area (Å²) in [7, 11) is 0. The highest BCUT2D eigenvalue weighted by molar-refractivity contribution is 6.34. The maximum atomic E-state index is 11.3. The van der Waals surface area contributed by atoms with Crippen LogP contribution in [-0.4, -0.2) is 23.7 Å². The molecular weight excluding hydrogens is 261 g/mol. The third-order valence-corrected chi connectivity index (χ3v) is 2.52. The van der Waals surface area contributed by atoms with Crippen LogP contribution in [0, 0.1) is 0 Å². The van der Waals surface area contributed by atoms with Gasteiger partial charge in [-0.05, 0) is 36.8 Å². The lowest BCUT2D eigenvalue weighted by atomic mass is 10.2. The standard InChI is InChI=1S/C12H13Cl2NO2/c1-8(16)7-15-12(17)5-2-9-6-10(13)3-4-11(9)14/h2-6,8,16H,7H2,1H3,(H,15,17)/b5-2+/t8-/m1/s1. The molecule has 0 spiro atoms. The monoisotopic (exact) mass is 273 g/mol. The van der Waals surface area contributed by atoms with E-state index in [0.29, 0.717) is 15.6 Å². The molecule has 0 aliphatic rings. The van der Waals surface area contributed by atoms with Crippen LogP contribution in [0.4, 0.5) is 0 Å². The van der Waals surface area contributed by atoms with Crippen LogP contribution in [0.5, 0.6) is 0 Å². The number of aliphatic hydroxyl groups is 1. The van der Waals surface area contributed by atoms with Gasteiger partial charge in [-0.3, -0.25) is 4.79 Å². The van der Waals surface area contributed by atoms with E-state index in [4.69, 9.17) is 28.3 Å². The minimum absolute atomic E-state index is 0.215. The van der Waals surface area contributed by atoms with E-state index in [9.17, 15) is 4.79 Å². The number of halogens is 2. The minimum atomic E-state index is -0.567. The largest absolute Gasteiger partial charge is 0.392 e. The summed E-state index contributed by atoms with van der Waals surface area (Å²) in [6.45, 7) is 1.81. The second kappa shape index (κ2) is 6.64. The summed E-state index contributed by atoms with van der Waals surface area (Å²) in [6, 6.07) is 5.01. The van der Waals surface area contributed by atoms with Gasteiger partial charge in [0, 0.05) is 22.7 Å². The van der Waals surface area contributed by atoms with Crippen molar-refractivity contribution in [3.8, 4) is 0 Å². The quantitative estimate of drug-likeness (QED) is 0.829. The zero-order valence-electron chi connectivity index (χ0n) is 9.28. The Balaban J connectivity index is 2.64. The van der Waals surface area contributed by atoms with E-state index in [-0.39, 0.29) is 12.5 Å². The minimum Gasteiger partial charge on any atom is -0.392 e. The molecular formula is C12H13Cl2NO2. The molecule has 1 aromatic rings. The molecule has 0 aliphatic heterocycles. The Morgan fingerprint density at radius 1 is 1.53 bits per heavy atom. The van der Waals surface area contributed by atoms with Crippen LogP contribution in [-0.2, 0) is 4.79 Å². The average Bonchev–Trinajstić information content (AvgIpc) is 2.27. The van der Waals surface area contributed by atoms with E-state index in [1.807, 2.05) is 0 Å².